The van der Waals surface area contributed by atoms with Gasteiger partial charge in [0.1, 0.15) is 11.6 Å². The van der Waals surface area contributed by atoms with E-state index >= 15 is 0 Å². The molecule has 88 valence electrons. The maximum atomic E-state index is 12.9. The van der Waals surface area contributed by atoms with Gasteiger partial charge >= 0.3 is 0 Å². The molecule has 0 heterocycles. The fraction of sp³-hybridized carbons (Fsp3) is 0. The Balaban J connectivity index is 2.17. The summed E-state index contributed by atoms with van der Waals surface area (Å²) in [6.45, 7) is 0.368. The number of halogens is 1. The highest BCUT2D eigenvalue weighted by molar-refractivity contribution is 5.48. The number of carbonyl (C=O) groups is 1. The minimum Gasteiger partial charge on any atom is -0.429 e. The van der Waals surface area contributed by atoms with Crippen molar-refractivity contribution >= 4 is 6.47 Å². The van der Waals surface area contributed by atoms with E-state index in [0.29, 0.717) is 17.8 Å². The Morgan fingerprint density at radius 2 is 1.72 bits per heavy atom. The lowest BCUT2D eigenvalue weighted by Gasteiger charge is -1.96. The maximum absolute atomic E-state index is 12.9. The summed E-state index contributed by atoms with van der Waals surface area (Å²) in [5.41, 5.74) is 1.38. The van der Waals surface area contributed by atoms with Crippen LogP contribution in [0.4, 0.5) is 4.39 Å². The second-order valence-electron chi connectivity index (χ2n) is 3.50. The quantitative estimate of drug-likeness (QED) is 0.596. The van der Waals surface area contributed by atoms with E-state index in [9.17, 15) is 9.18 Å². The Hall–Kier alpha value is -2.60. The predicted octanol–water partition coefficient (Wildman–Crippen LogP) is 2.76. The third kappa shape index (κ3) is 3.19. The van der Waals surface area contributed by atoms with Gasteiger partial charge in [0.2, 0.25) is 0 Å². The van der Waals surface area contributed by atoms with Crippen LogP contribution in [0.15, 0.2) is 48.5 Å². The van der Waals surface area contributed by atoms with Crippen LogP contribution in [0.25, 0.3) is 0 Å². The first-order valence-electron chi connectivity index (χ1n) is 5.26. The Labute approximate surface area is 104 Å². The highest BCUT2D eigenvalue weighted by atomic mass is 19.1. The summed E-state index contributed by atoms with van der Waals surface area (Å²) in [6.07, 6.45) is 0. The fourth-order valence-corrected chi connectivity index (χ4v) is 1.38. The third-order valence-electron chi connectivity index (χ3n) is 2.21. The summed E-state index contributed by atoms with van der Waals surface area (Å²) in [6, 6.07) is 12.8. The summed E-state index contributed by atoms with van der Waals surface area (Å²) in [5, 5.41) is 0. The number of benzene rings is 2. The van der Waals surface area contributed by atoms with Gasteiger partial charge in [-0.05, 0) is 42.5 Å². The van der Waals surface area contributed by atoms with Gasteiger partial charge in [0.25, 0.3) is 6.47 Å². The van der Waals surface area contributed by atoms with E-state index in [-0.39, 0.29) is 5.82 Å². The lowest BCUT2D eigenvalue weighted by Crippen LogP contribution is -1.87. The van der Waals surface area contributed by atoms with Gasteiger partial charge in [0, 0.05) is 11.1 Å². The molecule has 3 heteroatoms. The van der Waals surface area contributed by atoms with Crippen molar-refractivity contribution in [2.45, 2.75) is 0 Å². The average Bonchev–Trinajstić information content (AvgIpc) is 2.38. The molecule has 0 bridgehead atoms. The first-order chi connectivity index (χ1) is 8.78. The van der Waals surface area contributed by atoms with Crippen molar-refractivity contribution in [1.29, 1.82) is 0 Å². The highest BCUT2D eigenvalue weighted by Crippen LogP contribution is 2.10. The zero-order chi connectivity index (χ0) is 12.8. The summed E-state index contributed by atoms with van der Waals surface area (Å²) in [4.78, 5) is 10.1. The molecular weight excluding hydrogens is 231 g/mol. The molecule has 2 rings (SSSR count). The van der Waals surface area contributed by atoms with Crippen LogP contribution in [0.3, 0.4) is 0 Å². The minimum absolute atomic E-state index is 0.309. The largest absolute Gasteiger partial charge is 0.429 e. The van der Waals surface area contributed by atoms with Crippen molar-refractivity contribution in [1.82, 2.24) is 0 Å². The smallest absolute Gasteiger partial charge is 0.298 e. The van der Waals surface area contributed by atoms with E-state index in [1.165, 1.54) is 12.1 Å². The van der Waals surface area contributed by atoms with Crippen molar-refractivity contribution in [3.05, 3.63) is 65.5 Å². The van der Waals surface area contributed by atoms with E-state index in [1.54, 1.807) is 36.4 Å². The van der Waals surface area contributed by atoms with Gasteiger partial charge in [0.05, 0.1) is 0 Å². The molecule has 0 unspecified atom stereocenters. The summed E-state index contributed by atoms with van der Waals surface area (Å²) in [5.74, 6) is 5.90. The van der Waals surface area contributed by atoms with Gasteiger partial charge in [-0.15, -0.1) is 0 Å². The third-order valence-corrected chi connectivity index (χ3v) is 2.21. The molecule has 0 aliphatic rings. The molecule has 0 aromatic heterocycles. The fourth-order valence-electron chi connectivity index (χ4n) is 1.38. The molecule has 18 heavy (non-hydrogen) atoms. The predicted molar refractivity (Wildman–Crippen MR) is 65.5 cm³/mol. The Bertz CT molecular complexity index is 606. The Morgan fingerprint density at radius 1 is 1.00 bits per heavy atom. The number of rotatable bonds is 2. The Kier molecular flexibility index (Phi) is 3.72. The summed E-state index contributed by atoms with van der Waals surface area (Å²) < 4.78 is 17.6. The first kappa shape index (κ1) is 11.9. The van der Waals surface area contributed by atoms with E-state index in [0.717, 1.165) is 5.56 Å². The topological polar surface area (TPSA) is 26.3 Å². The molecule has 2 aromatic carbocycles. The second-order valence-corrected chi connectivity index (χ2v) is 3.50. The number of hydrogen-bond donors (Lipinski definition) is 0. The van der Waals surface area contributed by atoms with E-state index < -0.39 is 0 Å². The first-order valence-corrected chi connectivity index (χ1v) is 5.26. The molecule has 0 amide bonds. The van der Waals surface area contributed by atoms with Gasteiger partial charge in [-0.25, -0.2) is 4.39 Å². The molecule has 0 aliphatic carbocycles. The minimum atomic E-state index is -0.309. The van der Waals surface area contributed by atoms with Gasteiger partial charge in [-0.3, -0.25) is 4.79 Å². The van der Waals surface area contributed by atoms with Gasteiger partial charge in [0.15, 0.2) is 0 Å². The molecule has 0 saturated carbocycles. The van der Waals surface area contributed by atoms with Crippen molar-refractivity contribution in [3.63, 3.8) is 0 Å². The SMILES string of the molecule is O=COc1ccc(C#Cc2cccc(F)c2)cc1. The van der Waals surface area contributed by atoms with Crippen molar-refractivity contribution < 1.29 is 13.9 Å². The van der Waals surface area contributed by atoms with E-state index in [2.05, 4.69) is 16.6 Å². The van der Waals surface area contributed by atoms with Crippen molar-refractivity contribution in [2.24, 2.45) is 0 Å². The van der Waals surface area contributed by atoms with Crippen LogP contribution in [-0.4, -0.2) is 6.47 Å². The Morgan fingerprint density at radius 3 is 2.39 bits per heavy atom. The monoisotopic (exact) mass is 240 g/mol. The zero-order valence-corrected chi connectivity index (χ0v) is 9.39. The maximum Gasteiger partial charge on any atom is 0.298 e. The summed E-state index contributed by atoms with van der Waals surface area (Å²) >= 11 is 0. The lowest BCUT2D eigenvalue weighted by atomic mass is 10.2. The van der Waals surface area contributed by atoms with Crippen LogP contribution in [-0.2, 0) is 4.79 Å². The van der Waals surface area contributed by atoms with Crippen molar-refractivity contribution in [2.75, 3.05) is 0 Å². The van der Waals surface area contributed by atoms with Crippen molar-refractivity contribution in [3.8, 4) is 17.6 Å². The zero-order valence-electron chi connectivity index (χ0n) is 9.39. The average molecular weight is 240 g/mol. The molecule has 0 saturated heterocycles. The number of carbonyl (C=O) groups excluding carboxylic acids is 1. The molecule has 0 N–H and O–H groups in total. The van der Waals surface area contributed by atoms with Crippen LogP contribution in [0, 0.1) is 17.7 Å². The molecule has 2 nitrogen and oxygen atoms in total. The normalized spacial score (nSPS) is 9.17. The van der Waals surface area contributed by atoms with Crippen LogP contribution in [0.2, 0.25) is 0 Å². The summed E-state index contributed by atoms with van der Waals surface area (Å²) in [7, 11) is 0. The second kappa shape index (κ2) is 5.65. The molecule has 0 atom stereocenters. The molecule has 0 aliphatic heterocycles. The highest BCUT2D eigenvalue weighted by Gasteiger charge is 1.93. The van der Waals surface area contributed by atoms with Crippen LogP contribution in [0.5, 0.6) is 5.75 Å². The lowest BCUT2D eigenvalue weighted by molar-refractivity contribution is -0.120. The van der Waals surface area contributed by atoms with Crippen LogP contribution < -0.4 is 4.74 Å². The van der Waals surface area contributed by atoms with Gasteiger partial charge < -0.3 is 4.74 Å². The molecule has 0 radical (unpaired) electrons. The van der Waals surface area contributed by atoms with Gasteiger partial charge in [-0.2, -0.15) is 0 Å². The standard InChI is InChI=1S/C15H9FO2/c16-14-3-1-2-13(10-14)5-4-12-6-8-15(9-7-12)18-11-17/h1-3,6-11H. The molecule has 2 aromatic rings. The van der Waals surface area contributed by atoms with E-state index in [1.807, 2.05) is 0 Å². The van der Waals surface area contributed by atoms with E-state index in [4.69, 9.17) is 0 Å². The van der Waals surface area contributed by atoms with Crippen LogP contribution in [0.1, 0.15) is 11.1 Å². The molecule has 0 fully saturated rings. The number of hydrogen-bond acceptors (Lipinski definition) is 2. The molecule has 0 spiro atoms. The van der Waals surface area contributed by atoms with Gasteiger partial charge in [-0.1, -0.05) is 17.9 Å². The van der Waals surface area contributed by atoms with Crippen LogP contribution >= 0.6 is 0 Å². The number of ether oxygens (including phenoxy) is 1. The molecular formula is C15H9FO2.